The number of amides is 1. The molecule has 0 saturated carbocycles. The van der Waals surface area contributed by atoms with E-state index >= 15 is 0 Å². The Morgan fingerprint density at radius 1 is 1.21 bits per heavy atom. The van der Waals surface area contributed by atoms with Gasteiger partial charge in [-0.1, -0.05) is 12.1 Å². The van der Waals surface area contributed by atoms with Gasteiger partial charge in [-0.25, -0.2) is 4.39 Å². The molecule has 0 unspecified atom stereocenters. The first-order valence-electron chi connectivity index (χ1n) is 8.73. The molecule has 0 N–H and O–H groups in total. The van der Waals surface area contributed by atoms with E-state index in [2.05, 4.69) is 4.90 Å². The Morgan fingerprint density at radius 2 is 2.08 bits per heavy atom. The summed E-state index contributed by atoms with van der Waals surface area (Å²) in [6.07, 6.45) is 2.53. The summed E-state index contributed by atoms with van der Waals surface area (Å²) in [6.45, 7) is 4.40. The summed E-state index contributed by atoms with van der Waals surface area (Å²) in [5.41, 5.74) is 0.141. The minimum Gasteiger partial charge on any atom is -0.377 e. The third-order valence-corrected chi connectivity index (χ3v) is 5.27. The van der Waals surface area contributed by atoms with Gasteiger partial charge in [-0.05, 0) is 25.0 Å². The number of fused-ring (bicyclic) bond motifs is 1. The minimum atomic E-state index is -0.463. The molecule has 6 heteroatoms. The van der Waals surface area contributed by atoms with Gasteiger partial charge in [0.2, 0.25) is 0 Å². The van der Waals surface area contributed by atoms with Crippen LogP contribution < -0.4 is 0 Å². The predicted octanol–water partition coefficient (Wildman–Crippen LogP) is 1.53. The lowest BCUT2D eigenvalue weighted by Gasteiger charge is -2.37. The molecule has 1 aromatic rings. The summed E-state index contributed by atoms with van der Waals surface area (Å²) in [7, 11) is 0. The maximum atomic E-state index is 13.9. The van der Waals surface area contributed by atoms with Crippen molar-refractivity contribution in [2.45, 2.75) is 31.1 Å². The zero-order valence-corrected chi connectivity index (χ0v) is 13.7. The molecule has 0 aliphatic carbocycles. The molecule has 3 aliphatic heterocycles. The lowest BCUT2D eigenvalue weighted by molar-refractivity contribution is -0.0614. The first-order chi connectivity index (χ1) is 11.7. The number of rotatable bonds is 3. The number of nitrogens with zero attached hydrogens (tertiary/aromatic N) is 2. The molecule has 0 spiro atoms. The van der Waals surface area contributed by atoms with Crippen LogP contribution in [0.4, 0.5) is 4.39 Å². The van der Waals surface area contributed by atoms with Crippen molar-refractivity contribution in [3.8, 4) is 0 Å². The average Bonchev–Trinajstić information content (AvgIpc) is 3.24. The van der Waals surface area contributed by atoms with E-state index in [0.717, 1.165) is 32.5 Å². The molecular formula is C18H23FN2O3. The fourth-order valence-corrected chi connectivity index (χ4v) is 4.01. The molecule has 1 amide bonds. The minimum absolute atomic E-state index is 0.0101. The van der Waals surface area contributed by atoms with Gasteiger partial charge in [-0.2, -0.15) is 0 Å². The molecule has 4 rings (SSSR count). The lowest BCUT2D eigenvalue weighted by Crippen LogP contribution is -2.52. The van der Waals surface area contributed by atoms with Crippen molar-refractivity contribution in [2.24, 2.45) is 0 Å². The Labute approximate surface area is 141 Å². The summed E-state index contributed by atoms with van der Waals surface area (Å²) < 4.78 is 25.5. The monoisotopic (exact) mass is 334 g/mol. The van der Waals surface area contributed by atoms with Crippen LogP contribution in [-0.4, -0.2) is 73.3 Å². The molecule has 0 aromatic heterocycles. The van der Waals surface area contributed by atoms with Gasteiger partial charge in [0.15, 0.2) is 0 Å². The summed E-state index contributed by atoms with van der Waals surface area (Å²) in [6, 6.07) is 6.35. The normalized spacial score (nSPS) is 30.5. The first-order valence-corrected chi connectivity index (χ1v) is 8.73. The molecule has 3 heterocycles. The van der Waals surface area contributed by atoms with Gasteiger partial charge in [0.1, 0.15) is 5.82 Å². The number of likely N-dealkylation sites (tertiary alicyclic amines) is 1. The Balaban J connectivity index is 1.45. The van der Waals surface area contributed by atoms with E-state index in [1.54, 1.807) is 23.1 Å². The number of carbonyl (C=O) groups excluding carboxylic acids is 1. The topological polar surface area (TPSA) is 42.0 Å². The molecule has 3 saturated heterocycles. The molecule has 130 valence electrons. The van der Waals surface area contributed by atoms with Gasteiger partial charge in [-0.15, -0.1) is 0 Å². The van der Waals surface area contributed by atoms with Gasteiger partial charge in [0, 0.05) is 32.8 Å². The predicted molar refractivity (Wildman–Crippen MR) is 86.4 cm³/mol. The highest BCUT2D eigenvalue weighted by atomic mass is 19.1. The van der Waals surface area contributed by atoms with Crippen LogP contribution in [0.1, 0.15) is 23.2 Å². The SMILES string of the molecule is O=C(c1ccccc1F)N1C[C@@H]2OCCN(C[C@@H]3CCCO3)[C@@H]2C1. The van der Waals surface area contributed by atoms with Crippen molar-refractivity contribution in [3.05, 3.63) is 35.6 Å². The average molecular weight is 334 g/mol. The quantitative estimate of drug-likeness (QED) is 0.841. The Bertz CT molecular complexity index is 606. The molecule has 5 nitrogen and oxygen atoms in total. The largest absolute Gasteiger partial charge is 0.377 e. The Morgan fingerprint density at radius 3 is 2.88 bits per heavy atom. The van der Waals surface area contributed by atoms with Gasteiger partial charge >= 0.3 is 0 Å². The maximum absolute atomic E-state index is 13.9. The van der Waals surface area contributed by atoms with Gasteiger partial charge in [0.25, 0.3) is 5.91 Å². The fraction of sp³-hybridized carbons (Fsp3) is 0.611. The number of hydrogen-bond donors (Lipinski definition) is 0. The van der Waals surface area contributed by atoms with Crippen LogP contribution in [0.5, 0.6) is 0 Å². The van der Waals surface area contributed by atoms with Gasteiger partial charge < -0.3 is 14.4 Å². The molecule has 3 fully saturated rings. The van der Waals surface area contributed by atoms with Crippen LogP contribution in [0.15, 0.2) is 24.3 Å². The van der Waals surface area contributed by atoms with Crippen LogP contribution in [0.3, 0.4) is 0 Å². The summed E-state index contributed by atoms with van der Waals surface area (Å²) in [5, 5.41) is 0. The van der Waals surface area contributed by atoms with Crippen LogP contribution in [0.2, 0.25) is 0 Å². The molecule has 0 bridgehead atoms. The highest BCUT2D eigenvalue weighted by Crippen LogP contribution is 2.26. The molecule has 3 aliphatic rings. The molecule has 24 heavy (non-hydrogen) atoms. The van der Waals surface area contributed by atoms with E-state index in [1.807, 2.05) is 0 Å². The van der Waals surface area contributed by atoms with Crippen molar-refractivity contribution in [1.82, 2.24) is 9.80 Å². The number of halogens is 1. The van der Waals surface area contributed by atoms with E-state index in [1.165, 1.54) is 6.07 Å². The van der Waals surface area contributed by atoms with E-state index in [0.29, 0.717) is 25.8 Å². The van der Waals surface area contributed by atoms with E-state index in [4.69, 9.17) is 9.47 Å². The van der Waals surface area contributed by atoms with Crippen LogP contribution >= 0.6 is 0 Å². The zero-order valence-electron chi connectivity index (χ0n) is 13.7. The standard InChI is InChI=1S/C18H23FN2O3/c19-15-6-2-1-5-14(15)18(22)21-11-16-17(12-21)24-9-7-20(16)10-13-4-3-8-23-13/h1-2,5-6,13,16-17H,3-4,7-12H2/t13-,16+,17-/m0/s1. The second kappa shape index (κ2) is 6.78. The molecule has 3 atom stereocenters. The zero-order chi connectivity index (χ0) is 16.5. The van der Waals surface area contributed by atoms with Crippen molar-refractivity contribution >= 4 is 5.91 Å². The van der Waals surface area contributed by atoms with Crippen LogP contribution in [-0.2, 0) is 9.47 Å². The van der Waals surface area contributed by atoms with Crippen molar-refractivity contribution in [3.63, 3.8) is 0 Å². The summed E-state index contributed by atoms with van der Waals surface area (Å²) in [4.78, 5) is 16.8. The first kappa shape index (κ1) is 16.0. The van der Waals surface area contributed by atoms with E-state index < -0.39 is 5.82 Å². The number of benzene rings is 1. The molecule has 0 radical (unpaired) electrons. The fourth-order valence-electron chi connectivity index (χ4n) is 4.01. The second-order valence-corrected chi connectivity index (χ2v) is 6.80. The van der Waals surface area contributed by atoms with Crippen molar-refractivity contribution in [1.29, 1.82) is 0 Å². The maximum Gasteiger partial charge on any atom is 0.256 e. The number of morpholine rings is 1. The number of hydrogen-bond acceptors (Lipinski definition) is 4. The third-order valence-electron chi connectivity index (χ3n) is 5.27. The Hall–Kier alpha value is -1.50. The summed E-state index contributed by atoms with van der Waals surface area (Å²) >= 11 is 0. The second-order valence-electron chi connectivity index (χ2n) is 6.80. The summed E-state index contributed by atoms with van der Waals surface area (Å²) in [5.74, 6) is -0.710. The van der Waals surface area contributed by atoms with Gasteiger partial charge in [-0.3, -0.25) is 9.69 Å². The van der Waals surface area contributed by atoms with E-state index in [9.17, 15) is 9.18 Å². The van der Waals surface area contributed by atoms with Gasteiger partial charge in [0.05, 0.1) is 30.4 Å². The highest BCUT2D eigenvalue weighted by molar-refractivity contribution is 5.94. The highest BCUT2D eigenvalue weighted by Gasteiger charge is 2.42. The van der Waals surface area contributed by atoms with Crippen LogP contribution in [0.25, 0.3) is 0 Å². The van der Waals surface area contributed by atoms with Crippen molar-refractivity contribution < 1.29 is 18.7 Å². The van der Waals surface area contributed by atoms with Crippen LogP contribution in [0, 0.1) is 5.82 Å². The van der Waals surface area contributed by atoms with E-state index in [-0.39, 0.29) is 23.6 Å². The number of carbonyl (C=O) groups is 1. The number of ether oxygens (including phenoxy) is 2. The smallest absolute Gasteiger partial charge is 0.256 e. The lowest BCUT2D eigenvalue weighted by atomic mass is 10.1. The third kappa shape index (κ3) is 3.06. The van der Waals surface area contributed by atoms with Crippen molar-refractivity contribution in [2.75, 3.05) is 39.4 Å². The molecular weight excluding hydrogens is 311 g/mol. The Kier molecular flexibility index (Phi) is 4.52. The molecule has 1 aromatic carbocycles.